The van der Waals surface area contributed by atoms with Gasteiger partial charge in [-0.25, -0.2) is 8.78 Å². The molecule has 5 heteroatoms. The number of carbonyl (C=O) groups excluding carboxylic acids is 1. The van der Waals surface area contributed by atoms with Gasteiger partial charge >= 0.3 is 0 Å². The van der Waals surface area contributed by atoms with Crippen LogP contribution in [-0.4, -0.2) is 36.4 Å². The lowest BCUT2D eigenvalue weighted by Gasteiger charge is -2.58. The van der Waals surface area contributed by atoms with E-state index in [1.54, 1.807) is 0 Å². The molecule has 1 aliphatic carbocycles. The van der Waals surface area contributed by atoms with Crippen LogP contribution in [0.25, 0.3) is 0 Å². The SMILES string of the molecule is NC(=O)CN1CC2(C1)CC(F)(F)C2. The summed E-state index contributed by atoms with van der Waals surface area (Å²) in [4.78, 5) is 12.3. The monoisotopic (exact) mass is 190 g/mol. The first kappa shape index (κ1) is 8.87. The van der Waals surface area contributed by atoms with Gasteiger partial charge in [-0.15, -0.1) is 0 Å². The van der Waals surface area contributed by atoms with Gasteiger partial charge in [0, 0.05) is 31.3 Å². The summed E-state index contributed by atoms with van der Waals surface area (Å²) in [5, 5.41) is 0. The Morgan fingerprint density at radius 1 is 1.38 bits per heavy atom. The Bertz CT molecular complexity index is 239. The van der Waals surface area contributed by atoms with Gasteiger partial charge in [0.2, 0.25) is 11.8 Å². The molecule has 2 rings (SSSR count). The van der Waals surface area contributed by atoms with Crippen molar-refractivity contribution < 1.29 is 13.6 Å². The Morgan fingerprint density at radius 3 is 2.31 bits per heavy atom. The molecule has 2 aliphatic rings. The third-order valence-electron chi connectivity index (χ3n) is 2.76. The van der Waals surface area contributed by atoms with Gasteiger partial charge in [-0.05, 0) is 0 Å². The second kappa shape index (κ2) is 2.41. The maximum absolute atomic E-state index is 12.5. The predicted molar refractivity (Wildman–Crippen MR) is 42.2 cm³/mol. The highest BCUT2D eigenvalue weighted by Gasteiger charge is 2.61. The summed E-state index contributed by atoms with van der Waals surface area (Å²) in [5.41, 5.74) is 4.78. The molecule has 0 aromatic heterocycles. The van der Waals surface area contributed by atoms with Crippen LogP contribution >= 0.6 is 0 Å². The second-order valence-electron chi connectivity index (χ2n) is 4.32. The van der Waals surface area contributed by atoms with E-state index < -0.39 is 5.92 Å². The number of alkyl halides is 2. The van der Waals surface area contributed by atoms with Crippen LogP contribution in [0.2, 0.25) is 0 Å². The van der Waals surface area contributed by atoms with Crippen molar-refractivity contribution in [2.75, 3.05) is 19.6 Å². The van der Waals surface area contributed by atoms with Gasteiger partial charge in [0.05, 0.1) is 6.54 Å². The fourth-order valence-corrected chi connectivity index (χ4v) is 2.50. The van der Waals surface area contributed by atoms with E-state index in [9.17, 15) is 13.6 Å². The number of amides is 1. The topological polar surface area (TPSA) is 46.3 Å². The smallest absolute Gasteiger partial charge is 0.249 e. The Balaban J connectivity index is 1.77. The summed E-state index contributed by atoms with van der Waals surface area (Å²) in [7, 11) is 0. The molecule has 0 atom stereocenters. The summed E-state index contributed by atoms with van der Waals surface area (Å²) >= 11 is 0. The quantitative estimate of drug-likeness (QED) is 0.676. The number of hydrogen-bond acceptors (Lipinski definition) is 2. The lowest BCUT2D eigenvalue weighted by atomic mass is 9.61. The highest BCUT2D eigenvalue weighted by molar-refractivity contribution is 5.76. The largest absolute Gasteiger partial charge is 0.369 e. The Hall–Kier alpha value is -0.710. The molecule has 1 spiro atoms. The Morgan fingerprint density at radius 2 is 1.92 bits per heavy atom. The highest BCUT2D eigenvalue weighted by Crippen LogP contribution is 2.56. The molecule has 0 aromatic rings. The molecule has 1 amide bonds. The number of rotatable bonds is 2. The van der Waals surface area contributed by atoms with E-state index in [2.05, 4.69) is 0 Å². The maximum Gasteiger partial charge on any atom is 0.249 e. The van der Waals surface area contributed by atoms with E-state index in [1.807, 2.05) is 4.90 Å². The molecule has 1 aliphatic heterocycles. The lowest BCUT2D eigenvalue weighted by molar-refractivity contribution is -0.212. The number of likely N-dealkylation sites (tertiary alicyclic amines) is 1. The van der Waals surface area contributed by atoms with E-state index in [0.717, 1.165) is 0 Å². The van der Waals surface area contributed by atoms with E-state index in [-0.39, 0.29) is 30.7 Å². The minimum Gasteiger partial charge on any atom is -0.369 e. The lowest BCUT2D eigenvalue weighted by Crippen LogP contribution is -2.66. The summed E-state index contributed by atoms with van der Waals surface area (Å²) in [6, 6.07) is 0. The van der Waals surface area contributed by atoms with Crippen LogP contribution in [0.15, 0.2) is 0 Å². The predicted octanol–water partition coefficient (Wildman–Crippen LogP) is 0.203. The molecule has 13 heavy (non-hydrogen) atoms. The first-order valence-electron chi connectivity index (χ1n) is 4.29. The first-order chi connectivity index (χ1) is 5.91. The number of halogens is 2. The average molecular weight is 190 g/mol. The van der Waals surface area contributed by atoms with Gasteiger partial charge in [0.1, 0.15) is 0 Å². The van der Waals surface area contributed by atoms with Crippen LogP contribution < -0.4 is 5.73 Å². The van der Waals surface area contributed by atoms with Gasteiger partial charge < -0.3 is 5.73 Å². The van der Waals surface area contributed by atoms with Crippen LogP contribution in [0.5, 0.6) is 0 Å². The summed E-state index contributed by atoms with van der Waals surface area (Å²) in [5.74, 6) is -2.85. The molecule has 0 aromatic carbocycles. The number of carbonyl (C=O) groups is 1. The van der Waals surface area contributed by atoms with Crippen LogP contribution in [0.1, 0.15) is 12.8 Å². The maximum atomic E-state index is 12.5. The van der Waals surface area contributed by atoms with Gasteiger partial charge in [-0.2, -0.15) is 0 Å². The zero-order valence-corrected chi connectivity index (χ0v) is 7.22. The van der Waals surface area contributed by atoms with Crippen molar-refractivity contribution in [2.45, 2.75) is 18.8 Å². The minimum absolute atomic E-state index is 0.0186. The molecule has 1 saturated heterocycles. The van der Waals surface area contributed by atoms with Gasteiger partial charge in [-0.1, -0.05) is 0 Å². The van der Waals surface area contributed by atoms with Gasteiger partial charge in [-0.3, -0.25) is 9.69 Å². The summed E-state index contributed by atoms with van der Waals surface area (Å²) in [6.07, 6.45) is -0.0372. The third-order valence-corrected chi connectivity index (χ3v) is 2.76. The molecule has 74 valence electrons. The van der Waals surface area contributed by atoms with Crippen LogP contribution in [0.3, 0.4) is 0 Å². The van der Waals surface area contributed by atoms with Crippen LogP contribution in [0.4, 0.5) is 8.78 Å². The van der Waals surface area contributed by atoms with Crippen molar-refractivity contribution in [3.8, 4) is 0 Å². The normalized spacial score (nSPS) is 29.4. The second-order valence-corrected chi connectivity index (χ2v) is 4.32. The van der Waals surface area contributed by atoms with E-state index in [4.69, 9.17) is 5.73 Å². The fraction of sp³-hybridized carbons (Fsp3) is 0.875. The van der Waals surface area contributed by atoms with Crippen molar-refractivity contribution in [1.82, 2.24) is 4.90 Å². The van der Waals surface area contributed by atoms with Gasteiger partial charge in [0.15, 0.2) is 0 Å². The molecule has 0 bridgehead atoms. The van der Waals surface area contributed by atoms with Crippen molar-refractivity contribution >= 4 is 5.91 Å². The van der Waals surface area contributed by atoms with Crippen LogP contribution in [0, 0.1) is 5.41 Å². The molecule has 0 unspecified atom stereocenters. The number of primary amides is 1. The molecular formula is C8H12F2N2O. The average Bonchev–Trinajstić information content (AvgIpc) is 1.77. The fourth-order valence-electron chi connectivity index (χ4n) is 2.50. The molecule has 2 N–H and O–H groups in total. The first-order valence-corrected chi connectivity index (χ1v) is 4.29. The van der Waals surface area contributed by atoms with Crippen molar-refractivity contribution in [1.29, 1.82) is 0 Å². The van der Waals surface area contributed by atoms with Gasteiger partial charge in [0.25, 0.3) is 0 Å². The number of nitrogens with two attached hydrogens (primary N) is 1. The zero-order valence-electron chi connectivity index (χ0n) is 7.22. The third kappa shape index (κ3) is 1.52. The van der Waals surface area contributed by atoms with Crippen molar-refractivity contribution in [3.63, 3.8) is 0 Å². The molecule has 1 heterocycles. The number of hydrogen-bond donors (Lipinski definition) is 1. The standard InChI is InChI=1S/C8H12F2N2O/c9-8(10)2-7(3-8)4-12(5-7)1-6(11)13/h1-5H2,(H2,11,13). The number of nitrogens with zero attached hydrogens (tertiary/aromatic N) is 1. The minimum atomic E-state index is -2.46. The summed E-state index contributed by atoms with van der Waals surface area (Å²) in [6.45, 7) is 1.41. The molecular weight excluding hydrogens is 178 g/mol. The molecule has 0 radical (unpaired) electrons. The van der Waals surface area contributed by atoms with E-state index >= 15 is 0 Å². The van der Waals surface area contributed by atoms with Crippen molar-refractivity contribution in [2.24, 2.45) is 11.1 Å². The molecule has 2 fully saturated rings. The zero-order chi connectivity index (χ0) is 9.69. The molecule has 1 saturated carbocycles. The molecule has 3 nitrogen and oxygen atoms in total. The van der Waals surface area contributed by atoms with E-state index in [1.165, 1.54) is 0 Å². The van der Waals surface area contributed by atoms with Crippen molar-refractivity contribution in [3.05, 3.63) is 0 Å². The van der Waals surface area contributed by atoms with E-state index in [0.29, 0.717) is 13.1 Å². The summed E-state index contributed by atoms with van der Waals surface area (Å²) < 4.78 is 25.1. The Kier molecular flexibility index (Phi) is 1.64. The Labute approximate surface area is 74.9 Å². The van der Waals surface area contributed by atoms with Crippen LogP contribution in [-0.2, 0) is 4.79 Å². The highest BCUT2D eigenvalue weighted by atomic mass is 19.3.